The zero-order valence-corrected chi connectivity index (χ0v) is 16.0. The van der Waals surface area contributed by atoms with Gasteiger partial charge in [0.05, 0.1) is 17.3 Å². The first-order valence-electron chi connectivity index (χ1n) is 8.20. The van der Waals surface area contributed by atoms with E-state index in [1.54, 1.807) is 31.2 Å². The van der Waals surface area contributed by atoms with Crippen LogP contribution in [0.1, 0.15) is 30.1 Å². The third-order valence-electron chi connectivity index (χ3n) is 3.80. The van der Waals surface area contributed by atoms with Crippen molar-refractivity contribution in [2.24, 2.45) is 0 Å². The lowest BCUT2D eigenvalue weighted by molar-refractivity contribution is -0.139. The summed E-state index contributed by atoms with van der Waals surface area (Å²) in [6, 6.07) is 6.33. The monoisotopic (exact) mass is 399 g/mol. The first kappa shape index (κ1) is 20.4. The van der Waals surface area contributed by atoms with Crippen LogP contribution in [0.25, 0.3) is 0 Å². The summed E-state index contributed by atoms with van der Waals surface area (Å²) in [5.41, 5.74) is 0.968. The molecule has 0 spiro atoms. The molecule has 7 nitrogen and oxygen atoms in total. The van der Waals surface area contributed by atoms with E-state index >= 15 is 0 Å². The number of amides is 1. The maximum atomic E-state index is 12.0. The molecule has 1 fully saturated rings. The minimum atomic E-state index is -2.97. The standard InChI is InChI=1S/C17H21NO6S2/c1-2-16(20)18-13-5-3-12(4-6-13)15(19)9-24-17(21)10-25-14-7-8-26(22,23)11-14/h3-6,14H,2,7-11H2,1H3,(H,18,20)/t14-/m1/s1. The molecule has 2 rings (SSSR count). The summed E-state index contributed by atoms with van der Waals surface area (Å²) in [7, 11) is -2.97. The van der Waals surface area contributed by atoms with Gasteiger partial charge in [-0.2, -0.15) is 0 Å². The zero-order valence-electron chi connectivity index (χ0n) is 14.4. The van der Waals surface area contributed by atoms with Crippen LogP contribution < -0.4 is 5.32 Å². The van der Waals surface area contributed by atoms with Crippen molar-refractivity contribution in [2.75, 3.05) is 29.2 Å². The van der Waals surface area contributed by atoms with E-state index in [2.05, 4.69) is 5.32 Å². The van der Waals surface area contributed by atoms with Gasteiger partial charge in [0.25, 0.3) is 0 Å². The van der Waals surface area contributed by atoms with Crippen LogP contribution in [0.2, 0.25) is 0 Å². The Kier molecular flexibility index (Phi) is 7.22. The summed E-state index contributed by atoms with van der Waals surface area (Å²) in [5.74, 6) is -0.738. The van der Waals surface area contributed by atoms with Gasteiger partial charge in [-0.05, 0) is 30.7 Å². The van der Waals surface area contributed by atoms with E-state index in [4.69, 9.17) is 4.74 Å². The Morgan fingerprint density at radius 1 is 1.23 bits per heavy atom. The molecular weight excluding hydrogens is 378 g/mol. The fraction of sp³-hybridized carbons (Fsp3) is 0.471. The molecule has 0 bridgehead atoms. The summed E-state index contributed by atoms with van der Waals surface area (Å²) in [6.07, 6.45) is 0.904. The number of ether oxygens (including phenoxy) is 1. The second-order valence-corrected chi connectivity index (χ2v) is 9.42. The van der Waals surface area contributed by atoms with E-state index in [0.717, 1.165) is 0 Å². The van der Waals surface area contributed by atoms with Crippen molar-refractivity contribution in [1.82, 2.24) is 0 Å². The topological polar surface area (TPSA) is 107 Å². The van der Waals surface area contributed by atoms with Crippen LogP contribution in [-0.4, -0.2) is 55.2 Å². The van der Waals surface area contributed by atoms with E-state index in [1.165, 1.54) is 11.8 Å². The Hall–Kier alpha value is -1.87. The molecule has 1 aromatic carbocycles. The minimum absolute atomic E-state index is 0.0233. The first-order valence-corrected chi connectivity index (χ1v) is 11.1. The van der Waals surface area contributed by atoms with E-state index in [-0.39, 0.29) is 40.8 Å². The summed E-state index contributed by atoms with van der Waals surface area (Å²) >= 11 is 1.25. The van der Waals surface area contributed by atoms with Crippen LogP contribution in [0.4, 0.5) is 5.69 Å². The van der Waals surface area contributed by atoms with Crippen molar-refractivity contribution in [3.63, 3.8) is 0 Å². The lowest BCUT2D eigenvalue weighted by atomic mass is 10.1. The van der Waals surface area contributed by atoms with Crippen molar-refractivity contribution >= 4 is 44.9 Å². The molecule has 0 saturated carbocycles. The predicted octanol–water partition coefficient (Wildman–Crippen LogP) is 1.68. The number of carbonyl (C=O) groups is 3. The van der Waals surface area contributed by atoms with Gasteiger partial charge in [-0.1, -0.05) is 6.92 Å². The molecule has 26 heavy (non-hydrogen) atoms. The van der Waals surface area contributed by atoms with Crippen LogP contribution in [0, 0.1) is 0 Å². The molecule has 1 saturated heterocycles. The number of esters is 1. The molecule has 0 aromatic heterocycles. The molecule has 1 aliphatic heterocycles. The Morgan fingerprint density at radius 3 is 2.50 bits per heavy atom. The van der Waals surface area contributed by atoms with Crippen LogP contribution >= 0.6 is 11.8 Å². The van der Waals surface area contributed by atoms with Crippen molar-refractivity contribution in [3.8, 4) is 0 Å². The maximum Gasteiger partial charge on any atom is 0.316 e. The van der Waals surface area contributed by atoms with Gasteiger partial charge in [-0.3, -0.25) is 14.4 Å². The second-order valence-electron chi connectivity index (χ2n) is 5.90. The Labute approximate surface area is 156 Å². The van der Waals surface area contributed by atoms with E-state index in [0.29, 0.717) is 24.1 Å². The van der Waals surface area contributed by atoms with E-state index in [1.807, 2.05) is 0 Å². The SMILES string of the molecule is CCC(=O)Nc1ccc(C(=O)COC(=O)CS[C@@H]2CCS(=O)(=O)C2)cc1. The van der Waals surface area contributed by atoms with Crippen molar-refractivity contribution in [1.29, 1.82) is 0 Å². The molecular formula is C17H21NO6S2. The molecule has 142 valence electrons. The number of ketones is 1. The third-order valence-corrected chi connectivity index (χ3v) is 7.06. The van der Waals surface area contributed by atoms with Crippen LogP contribution in [0.5, 0.6) is 0 Å². The van der Waals surface area contributed by atoms with E-state index < -0.39 is 15.8 Å². The highest BCUT2D eigenvalue weighted by molar-refractivity contribution is 8.02. The van der Waals surface area contributed by atoms with Gasteiger partial charge >= 0.3 is 5.97 Å². The third kappa shape index (κ3) is 6.45. The Morgan fingerprint density at radius 2 is 1.92 bits per heavy atom. The Bertz CT molecular complexity index is 773. The number of nitrogens with one attached hydrogen (secondary N) is 1. The summed E-state index contributed by atoms with van der Waals surface area (Å²) in [5, 5.41) is 2.59. The molecule has 1 aromatic rings. The normalized spacial score (nSPS) is 18.3. The van der Waals surface area contributed by atoms with Crippen LogP contribution in [0.15, 0.2) is 24.3 Å². The fourth-order valence-electron chi connectivity index (χ4n) is 2.34. The predicted molar refractivity (Wildman–Crippen MR) is 100 cm³/mol. The number of hydrogen-bond acceptors (Lipinski definition) is 7. The van der Waals surface area contributed by atoms with Gasteiger partial charge in [-0.15, -0.1) is 11.8 Å². The lowest BCUT2D eigenvalue weighted by Crippen LogP contribution is -2.17. The highest BCUT2D eigenvalue weighted by atomic mass is 32.2. The molecule has 1 heterocycles. The number of carbonyl (C=O) groups excluding carboxylic acids is 3. The van der Waals surface area contributed by atoms with E-state index in [9.17, 15) is 22.8 Å². The molecule has 1 amide bonds. The molecule has 1 aliphatic rings. The number of benzene rings is 1. The molecule has 1 atom stereocenters. The average molecular weight is 399 g/mol. The van der Waals surface area contributed by atoms with Gasteiger partial charge in [0.1, 0.15) is 0 Å². The summed E-state index contributed by atoms with van der Waals surface area (Å²) < 4.78 is 27.7. The quantitative estimate of drug-likeness (QED) is 0.523. The summed E-state index contributed by atoms with van der Waals surface area (Å²) in [4.78, 5) is 35.0. The van der Waals surface area contributed by atoms with Crippen molar-refractivity contribution in [3.05, 3.63) is 29.8 Å². The molecule has 0 radical (unpaired) electrons. The number of thioether (sulfide) groups is 1. The van der Waals surface area contributed by atoms with Gasteiger partial charge in [0.2, 0.25) is 5.91 Å². The summed E-state index contributed by atoms with van der Waals surface area (Å²) in [6.45, 7) is 1.37. The molecule has 9 heteroatoms. The molecule has 1 N–H and O–H groups in total. The zero-order chi connectivity index (χ0) is 19.2. The largest absolute Gasteiger partial charge is 0.457 e. The Balaban J connectivity index is 1.73. The van der Waals surface area contributed by atoms with Crippen molar-refractivity contribution < 1.29 is 27.5 Å². The van der Waals surface area contributed by atoms with Crippen molar-refractivity contribution in [2.45, 2.75) is 25.0 Å². The number of sulfone groups is 1. The van der Waals surface area contributed by atoms with Gasteiger partial charge in [0, 0.05) is 22.9 Å². The highest BCUT2D eigenvalue weighted by Crippen LogP contribution is 2.24. The van der Waals surface area contributed by atoms with Gasteiger partial charge in [-0.25, -0.2) is 8.42 Å². The first-order chi connectivity index (χ1) is 12.3. The van der Waals surface area contributed by atoms with Gasteiger partial charge < -0.3 is 10.1 Å². The molecule has 0 unspecified atom stereocenters. The maximum absolute atomic E-state index is 12.0. The fourth-order valence-corrected chi connectivity index (χ4v) is 5.78. The van der Waals surface area contributed by atoms with Gasteiger partial charge in [0.15, 0.2) is 22.2 Å². The smallest absolute Gasteiger partial charge is 0.316 e. The van der Waals surface area contributed by atoms with Crippen LogP contribution in [-0.2, 0) is 24.2 Å². The average Bonchev–Trinajstić information content (AvgIpc) is 2.97. The number of rotatable bonds is 8. The number of Topliss-reactive ketones (excluding diaryl/α,β-unsaturated/α-hetero) is 1. The van der Waals surface area contributed by atoms with Crippen LogP contribution in [0.3, 0.4) is 0 Å². The second kappa shape index (κ2) is 9.18. The number of hydrogen-bond donors (Lipinski definition) is 1. The number of anilines is 1. The highest BCUT2D eigenvalue weighted by Gasteiger charge is 2.28. The lowest BCUT2D eigenvalue weighted by Gasteiger charge is -2.08. The molecule has 0 aliphatic carbocycles. The minimum Gasteiger partial charge on any atom is -0.457 e.